The van der Waals surface area contributed by atoms with Gasteiger partial charge < -0.3 is 19.9 Å². The highest BCUT2D eigenvalue weighted by Gasteiger charge is 2.09. The Morgan fingerprint density at radius 2 is 2.12 bits per heavy atom. The average molecular weight is 241 g/mol. The van der Waals surface area contributed by atoms with E-state index in [1.54, 1.807) is 13.0 Å². The number of rotatable bonds is 6. The van der Waals surface area contributed by atoms with Crippen molar-refractivity contribution < 1.29 is 18.8 Å². The lowest BCUT2D eigenvalue weighted by Crippen LogP contribution is -2.36. The molecule has 7 nitrogen and oxygen atoms in total. The summed E-state index contributed by atoms with van der Waals surface area (Å²) in [6.07, 6.45) is 0. The third-order valence-corrected chi connectivity index (χ3v) is 1.87. The van der Waals surface area contributed by atoms with Crippen molar-refractivity contribution in [3.8, 4) is 0 Å². The first-order chi connectivity index (χ1) is 8.13. The third-order valence-electron chi connectivity index (χ3n) is 1.87. The Hall–Kier alpha value is -1.89. The smallest absolute Gasteiger partial charge is 0.273 e. The van der Waals surface area contributed by atoms with Crippen molar-refractivity contribution in [2.45, 2.75) is 6.92 Å². The van der Waals surface area contributed by atoms with Crippen LogP contribution in [0.1, 0.15) is 16.2 Å². The molecule has 2 amide bonds. The molecule has 0 saturated carbocycles. The van der Waals surface area contributed by atoms with Crippen LogP contribution in [0, 0.1) is 6.92 Å². The summed E-state index contributed by atoms with van der Waals surface area (Å²) in [5, 5.41) is 8.73. The summed E-state index contributed by atoms with van der Waals surface area (Å²) in [6, 6.07) is 1.54. The number of ether oxygens (including phenoxy) is 1. The molecular weight excluding hydrogens is 226 g/mol. The largest absolute Gasteiger partial charge is 0.375 e. The van der Waals surface area contributed by atoms with Crippen molar-refractivity contribution in [1.82, 2.24) is 15.8 Å². The molecule has 94 valence electrons. The molecule has 0 aromatic carbocycles. The molecule has 0 bridgehead atoms. The monoisotopic (exact) mass is 241 g/mol. The minimum absolute atomic E-state index is 0.0103. The van der Waals surface area contributed by atoms with Crippen LogP contribution in [0.5, 0.6) is 0 Å². The van der Waals surface area contributed by atoms with Gasteiger partial charge in [-0.15, -0.1) is 0 Å². The van der Waals surface area contributed by atoms with Crippen LogP contribution in [-0.2, 0) is 9.53 Å². The standard InChI is InChI=1S/C10H15N3O4/c1-7-5-8(13-17-7)10(15)12-4-3-11-9(14)6-16-2/h5H,3-4,6H2,1-2H3,(H,11,14)(H,12,15). The Kier molecular flexibility index (Phi) is 5.15. The lowest BCUT2D eigenvalue weighted by atomic mass is 10.3. The highest BCUT2D eigenvalue weighted by Crippen LogP contribution is 2.00. The van der Waals surface area contributed by atoms with Crippen LogP contribution in [0.25, 0.3) is 0 Å². The zero-order chi connectivity index (χ0) is 12.7. The fraction of sp³-hybridized carbons (Fsp3) is 0.500. The van der Waals surface area contributed by atoms with Gasteiger partial charge in [-0.2, -0.15) is 0 Å². The number of amides is 2. The molecule has 0 fully saturated rings. The molecular formula is C10H15N3O4. The first-order valence-corrected chi connectivity index (χ1v) is 5.10. The van der Waals surface area contributed by atoms with Gasteiger partial charge in [-0.3, -0.25) is 9.59 Å². The van der Waals surface area contributed by atoms with Gasteiger partial charge in [-0.1, -0.05) is 5.16 Å². The van der Waals surface area contributed by atoms with Crippen LogP contribution in [0.2, 0.25) is 0 Å². The van der Waals surface area contributed by atoms with Gasteiger partial charge in [-0.25, -0.2) is 0 Å². The molecule has 0 spiro atoms. The maximum atomic E-state index is 11.5. The van der Waals surface area contributed by atoms with E-state index in [1.165, 1.54) is 7.11 Å². The van der Waals surface area contributed by atoms with Crippen LogP contribution in [-0.4, -0.2) is 43.8 Å². The average Bonchev–Trinajstić information content (AvgIpc) is 2.71. The van der Waals surface area contributed by atoms with Crippen LogP contribution >= 0.6 is 0 Å². The molecule has 1 aromatic rings. The predicted octanol–water partition coefficient (Wildman–Crippen LogP) is -0.525. The number of carbonyl (C=O) groups excluding carboxylic acids is 2. The van der Waals surface area contributed by atoms with Crippen molar-refractivity contribution in [3.05, 3.63) is 17.5 Å². The number of hydrogen-bond acceptors (Lipinski definition) is 5. The number of aromatic nitrogens is 1. The van der Waals surface area contributed by atoms with Crippen LogP contribution < -0.4 is 10.6 Å². The van der Waals surface area contributed by atoms with Crippen molar-refractivity contribution in [2.75, 3.05) is 26.8 Å². The molecule has 0 radical (unpaired) electrons. The highest BCUT2D eigenvalue weighted by molar-refractivity contribution is 5.92. The van der Waals surface area contributed by atoms with E-state index in [0.29, 0.717) is 18.8 Å². The molecule has 0 aliphatic rings. The first kappa shape index (κ1) is 13.2. The Morgan fingerprint density at radius 1 is 1.41 bits per heavy atom. The Morgan fingerprint density at radius 3 is 2.71 bits per heavy atom. The van der Waals surface area contributed by atoms with E-state index >= 15 is 0 Å². The van der Waals surface area contributed by atoms with E-state index in [0.717, 1.165) is 0 Å². The topological polar surface area (TPSA) is 93.5 Å². The number of carbonyl (C=O) groups is 2. The van der Waals surface area contributed by atoms with Gasteiger partial charge in [0.15, 0.2) is 5.69 Å². The molecule has 0 unspecified atom stereocenters. The van der Waals surface area contributed by atoms with E-state index in [2.05, 4.69) is 20.5 Å². The van der Waals surface area contributed by atoms with Crippen molar-refractivity contribution in [2.24, 2.45) is 0 Å². The third kappa shape index (κ3) is 4.64. The summed E-state index contributed by atoms with van der Waals surface area (Å²) in [7, 11) is 1.44. The van der Waals surface area contributed by atoms with Gasteiger partial charge >= 0.3 is 0 Å². The maximum absolute atomic E-state index is 11.5. The van der Waals surface area contributed by atoms with Crippen LogP contribution in [0.15, 0.2) is 10.6 Å². The second-order valence-corrected chi connectivity index (χ2v) is 3.36. The highest BCUT2D eigenvalue weighted by atomic mass is 16.5. The summed E-state index contributed by atoms with van der Waals surface area (Å²) in [6.45, 7) is 2.37. The molecule has 1 aromatic heterocycles. The van der Waals surface area contributed by atoms with Gasteiger partial charge in [0.2, 0.25) is 5.91 Å². The summed E-state index contributed by atoms with van der Waals surface area (Å²) in [5.74, 6) is 0.0189. The molecule has 1 rings (SSSR count). The minimum Gasteiger partial charge on any atom is -0.375 e. The van der Waals surface area contributed by atoms with Gasteiger partial charge in [-0.05, 0) is 6.92 Å². The SMILES string of the molecule is COCC(=O)NCCNC(=O)c1cc(C)on1. The lowest BCUT2D eigenvalue weighted by molar-refractivity contribution is -0.124. The lowest BCUT2D eigenvalue weighted by Gasteiger charge is -2.04. The fourth-order valence-electron chi connectivity index (χ4n) is 1.12. The Bertz CT molecular complexity index is 389. The molecule has 0 saturated heterocycles. The number of nitrogens with one attached hydrogen (secondary N) is 2. The maximum Gasteiger partial charge on any atom is 0.273 e. The summed E-state index contributed by atoms with van der Waals surface area (Å²) < 4.78 is 9.40. The van der Waals surface area contributed by atoms with Gasteiger partial charge in [0.05, 0.1) is 0 Å². The number of aryl methyl sites for hydroxylation is 1. The Labute approximate surface area is 98.5 Å². The van der Waals surface area contributed by atoms with Crippen LogP contribution in [0.3, 0.4) is 0 Å². The summed E-state index contributed by atoms with van der Waals surface area (Å²) in [4.78, 5) is 22.4. The molecule has 7 heteroatoms. The number of hydrogen-bond donors (Lipinski definition) is 2. The summed E-state index contributed by atoms with van der Waals surface area (Å²) in [5.41, 5.74) is 0.228. The van der Waals surface area contributed by atoms with Crippen molar-refractivity contribution in [3.63, 3.8) is 0 Å². The second kappa shape index (κ2) is 6.64. The quantitative estimate of drug-likeness (QED) is 0.653. The minimum atomic E-state index is -0.331. The number of nitrogens with zero attached hydrogens (tertiary/aromatic N) is 1. The summed E-state index contributed by atoms with van der Waals surface area (Å²) >= 11 is 0. The second-order valence-electron chi connectivity index (χ2n) is 3.36. The van der Waals surface area contributed by atoms with Gasteiger partial charge in [0.1, 0.15) is 12.4 Å². The van der Waals surface area contributed by atoms with E-state index in [4.69, 9.17) is 4.52 Å². The molecule has 2 N–H and O–H groups in total. The fourth-order valence-corrected chi connectivity index (χ4v) is 1.12. The van der Waals surface area contributed by atoms with Gasteiger partial charge in [0.25, 0.3) is 5.91 Å². The predicted molar refractivity (Wildman–Crippen MR) is 58.5 cm³/mol. The van der Waals surface area contributed by atoms with Crippen molar-refractivity contribution >= 4 is 11.8 Å². The zero-order valence-corrected chi connectivity index (χ0v) is 9.78. The van der Waals surface area contributed by atoms with E-state index in [9.17, 15) is 9.59 Å². The Balaban J connectivity index is 2.19. The molecule has 0 aliphatic carbocycles. The van der Waals surface area contributed by atoms with E-state index in [1.807, 2.05) is 0 Å². The van der Waals surface area contributed by atoms with E-state index < -0.39 is 0 Å². The zero-order valence-electron chi connectivity index (χ0n) is 9.78. The first-order valence-electron chi connectivity index (χ1n) is 5.10. The molecule has 0 aliphatic heterocycles. The van der Waals surface area contributed by atoms with Crippen molar-refractivity contribution in [1.29, 1.82) is 0 Å². The number of methoxy groups -OCH3 is 1. The normalized spacial score (nSPS) is 10.0. The van der Waals surface area contributed by atoms with Gasteiger partial charge in [0, 0.05) is 26.3 Å². The molecule has 0 atom stereocenters. The van der Waals surface area contributed by atoms with Crippen LogP contribution in [0.4, 0.5) is 0 Å². The molecule has 1 heterocycles. The molecule has 17 heavy (non-hydrogen) atoms. The van der Waals surface area contributed by atoms with E-state index in [-0.39, 0.29) is 24.1 Å².